The fraction of sp³-hybridized carbons (Fsp3) is 0.333. The van der Waals surface area contributed by atoms with Gasteiger partial charge in [0.1, 0.15) is 11.3 Å². The zero-order valence-electron chi connectivity index (χ0n) is 8.14. The van der Waals surface area contributed by atoms with Crippen LogP contribution in [0, 0.1) is 0 Å². The van der Waals surface area contributed by atoms with Crippen LogP contribution in [0.15, 0.2) is 10.5 Å². The maximum absolute atomic E-state index is 12.7. The zero-order chi connectivity index (χ0) is 12.3. The molecule has 1 heterocycles. The van der Waals surface area contributed by atoms with Crippen LogP contribution in [0.2, 0.25) is 0 Å². The number of methoxy groups -OCH3 is 1. The molecule has 16 heavy (non-hydrogen) atoms. The molecule has 0 atom stereocenters. The van der Waals surface area contributed by atoms with Crippen LogP contribution in [0.1, 0.15) is 28.2 Å². The molecule has 0 unspecified atom stereocenters. The molecule has 0 spiro atoms. The third-order valence-corrected chi connectivity index (χ3v) is 2.68. The van der Waals surface area contributed by atoms with E-state index in [4.69, 9.17) is 11.6 Å². The summed E-state index contributed by atoms with van der Waals surface area (Å²) in [6.07, 6.45) is -2.87. The van der Waals surface area contributed by atoms with Crippen molar-refractivity contribution in [2.24, 2.45) is 0 Å². The van der Waals surface area contributed by atoms with Crippen molar-refractivity contribution in [2.45, 2.75) is 12.3 Å². The largest absolute Gasteiger partial charge is 0.465 e. The Balaban J connectivity index is 3.39. The molecule has 88 valence electrons. The molecule has 1 rings (SSSR count). The normalized spacial score (nSPS) is 10.6. The van der Waals surface area contributed by atoms with Gasteiger partial charge in [-0.15, -0.1) is 11.6 Å². The second-order valence-corrected chi connectivity index (χ2v) is 3.90. The van der Waals surface area contributed by atoms with Gasteiger partial charge in [-0.25, -0.2) is 18.6 Å². The first kappa shape index (κ1) is 13.3. The van der Waals surface area contributed by atoms with E-state index >= 15 is 0 Å². The molecule has 1 aromatic heterocycles. The molecule has 0 amide bonds. The summed E-state index contributed by atoms with van der Waals surface area (Å²) in [6, 6.07) is 1.41. The van der Waals surface area contributed by atoms with Crippen molar-refractivity contribution in [1.82, 2.24) is 4.98 Å². The van der Waals surface area contributed by atoms with E-state index in [2.05, 4.69) is 25.7 Å². The summed E-state index contributed by atoms with van der Waals surface area (Å²) in [7, 11) is 1.11. The smallest absolute Gasteiger partial charge is 0.341 e. The summed E-state index contributed by atoms with van der Waals surface area (Å²) in [5.74, 6) is -0.879. The number of ether oxygens (including phenoxy) is 1. The fourth-order valence-electron chi connectivity index (χ4n) is 1.11. The number of hydrogen-bond acceptors (Lipinski definition) is 3. The minimum atomic E-state index is -2.87. The summed E-state index contributed by atoms with van der Waals surface area (Å²) in [4.78, 5) is 14.9. The molecule has 0 aliphatic carbocycles. The average molecular weight is 315 g/mol. The number of carbonyl (C=O) groups excluding carboxylic acids is 1. The van der Waals surface area contributed by atoms with E-state index < -0.39 is 18.1 Å². The lowest BCUT2D eigenvalue weighted by atomic mass is 10.2. The van der Waals surface area contributed by atoms with Gasteiger partial charge in [-0.2, -0.15) is 0 Å². The third kappa shape index (κ3) is 2.68. The number of alkyl halides is 3. The van der Waals surface area contributed by atoms with E-state index in [-0.39, 0.29) is 21.6 Å². The average Bonchev–Trinajstić information content (AvgIpc) is 2.26. The quantitative estimate of drug-likeness (QED) is 0.635. The van der Waals surface area contributed by atoms with Crippen LogP contribution in [0.25, 0.3) is 0 Å². The van der Waals surface area contributed by atoms with Gasteiger partial charge in [0, 0.05) is 4.47 Å². The van der Waals surface area contributed by atoms with Gasteiger partial charge in [-0.1, -0.05) is 0 Å². The lowest BCUT2D eigenvalue weighted by molar-refractivity contribution is 0.0586. The molecule has 0 aromatic carbocycles. The molecule has 0 saturated carbocycles. The highest BCUT2D eigenvalue weighted by Gasteiger charge is 2.24. The topological polar surface area (TPSA) is 39.2 Å². The lowest BCUT2D eigenvalue weighted by Gasteiger charge is -2.09. The van der Waals surface area contributed by atoms with E-state index in [0.29, 0.717) is 0 Å². The number of esters is 1. The Morgan fingerprint density at radius 3 is 2.75 bits per heavy atom. The summed E-state index contributed by atoms with van der Waals surface area (Å²) in [5, 5.41) is 0. The number of rotatable bonds is 3. The molecule has 0 bridgehead atoms. The highest BCUT2D eigenvalue weighted by Crippen LogP contribution is 2.28. The van der Waals surface area contributed by atoms with E-state index in [1.54, 1.807) is 0 Å². The maximum atomic E-state index is 12.7. The van der Waals surface area contributed by atoms with Crippen molar-refractivity contribution in [2.75, 3.05) is 7.11 Å². The third-order valence-electron chi connectivity index (χ3n) is 1.79. The van der Waals surface area contributed by atoms with Gasteiger partial charge in [0.25, 0.3) is 6.43 Å². The molecule has 0 fully saturated rings. The predicted octanol–water partition coefficient (Wildman–Crippen LogP) is 3.31. The molecular weight excluding hydrogens is 307 g/mol. The molecule has 0 radical (unpaired) electrons. The SMILES string of the molecule is COC(=O)c1c(Br)cc(CCl)nc1C(F)F. The van der Waals surface area contributed by atoms with Gasteiger partial charge >= 0.3 is 5.97 Å². The Hall–Kier alpha value is -0.750. The molecule has 1 aromatic rings. The van der Waals surface area contributed by atoms with Crippen LogP contribution >= 0.6 is 27.5 Å². The minimum Gasteiger partial charge on any atom is -0.465 e. The Morgan fingerprint density at radius 2 is 2.31 bits per heavy atom. The highest BCUT2D eigenvalue weighted by molar-refractivity contribution is 9.10. The van der Waals surface area contributed by atoms with Crippen molar-refractivity contribution < 1.29 is 18.3 Å². The number of aromatic nitrogens is 1. The van der Waals surface area contributed by atoms with Gasteiger partial charge in [0.05, 0.1) is 18.7 Å². The predicted molar refractivity (Wildman–Crippen MR) is 57.8 cm³/mol. The number of hydrogen-bond donors (Lipinski definition) is 0. The Labute approximate surface area is 104 Å². The maximum Gasteiger partial charge on any atom is 0.341 e. The molecule has 0 N–H and O–H groups in total. The van der Waals surface area contributed by atoms with Crippen LogP contribution in [0.3, 0.4) is 0 Å². The van der Waals surface area contributed by atoms with Crippen LogP contribution in [0.5, 0.6) is 0 Å². The first-order chi connectivity index (χ1) is 7.51. The molecule has 3 nitrogen and oxygen atoms in total. The van der Waals surface area contributed by atoms with Crippen LogP contribution in [-0.2, 0) is 10.6 Å². The number of pyridine rings is 1. The standard InChI is InChI=1S/C9H7BrClF2NO2/c1-16-9(15)6-5(10)2-4(3-11)14-7(6)8(12)13/h2,8H,3H2,1H3. The number of halogens is 4. The Bertz CT molecular complexity index is 415. The monoisotopic (exact) mass is 313 g/mol. The minimum absolute atomic E-state index is 0.0141. The van der Waals surface area contributed by atoms with Crippen molar-refractivity contribution in [3.05, 3.63) is 27.5 Å². The van der Waals surface area contributed by atoms with E-state index in [0.717, 1.165) is 7.11 Å². The zero-order valence-corrected chi connectivity index (χ0v) is 10.5. The van der Waals surface area contributed by atoms with E-state index in [1.165, 1.54) is 6.07 Å². The molecule has 0 saturated heterocycles. The summed E-state index contributed by atoms with van der Waals surface area (Å²) < 4.78 is 30.0. The van der Waals surface area contributed by atoms with Crippen LogP contribution in [-0.4, -0.2) is 18.1 Å². The van der Waals surface area contributed by atoms with Crippen molar-refractivity contribution >= 4 is 33.5 Å². The molecule has 7 heteroatoms. The first-order valence-electron chi connectivity index (χ1n) is 4.13. The second kappa shape index (κ2) is 5.54. The van der Waals surface area contributed by atoms with Crippen molar-refractivity contribution in [1.29, 1.82) is 0 Å². The summed E-state index contributed by atoms with van der Waals surface area (Å²) in [6.45, 7) is 0. The van der Waals surface area contributed by atoms with Gasteiger partial charge in [0.15, 0.2) is 0 Å². The van der Waals surface area contributed by atoms with Gasteiger partial charge in [-0.3, -0.25) is 0 Å². The Morgan fingerprint density at radius 1 is 1.69 bits per heavy atom. The summed E-state index contributed by atoms with van der Waals surface area (Å²) >= 11 is 8.51. The fourth-order valence-corrected chi connectivity index (χ4v) is 1.88. The lowest BCUT2D eigenvalue weighted by Crippen LogP contribution is -2.10. The van der Waals surface area contributed by atoms with Crippen LogP contribution < -0.4 is 0 Å². The van der Waals surface area contributed by atoms with Gasteiger partial charge in [0.2, 0.25) is 0 Å². The second-order valence-electron chi connectivity index (χ2n) is 2.78. The molecular formula is C9H7BrClF2NO2. The number of nitrogens with zero attached hydrogens (tertiary/aromatic N) is 1. The number of carbonyl (C=O) groups is 1. The molecule has 0 aliphatic rings. The van der Waals surface area contributed by atoms with Crippen LogP contribution in [0.4, 0.5) is 8.78 Å². The first-order valence-corrected chi connectivity index (χ1v) is 5.45. The van der Waals surface area contributed by atoms with Gasteiger partial charge in [-0.05, 0) is 22.0 Å². The summed E-state index contributed by atoms with van der Waals surface area (Å²) in [5.41, 5.74) is -0.639. The van der Waals surface area contributed by atoms with Crippen molar-refractivity contribution in [3.8, 4) is 0 Å². The van der Waals surface area contributed by atoms with Crippen molar-refractivity contribution in [3.63, 3.8) is 0 Å². The highest BCUT2D eigenvalue weighted by atomic mass is 79.9. The van der Waals surface area contributed by atoms with E-state index in [1.807, 2.05) is 0 Å². The van der Waals surface area contributed by atoms with E-state index in [9.17, 15) is 13.6 Å². The molecule has 0 aliphatic heterocycles. The van der Waals surface area contributed by atoms with Gasteiger partial charge < -0.3 is 4.74 Å². The Kier molecular flexibility index (Phi) is 4.61.